The van der Waals surface area contributed by atoms with Crippen molar-refractivity contribution in [2.45, 2.75) is 43.6 Å². The number of hydrogen-bond acceptors (Lipinski definition) is 5. The molecule has 4 bridgehead atoms. The van der Waals surface area contributed by atoms with Crippen LogP contribution in [0.3, 0.4) is 0 Å². The van der Waals surface area contributed by atoms with E-state index in [1.165, 1.54) is 37.1 Å². The average Bonchev–Trinajstić information content (AvgIpc) is 2.51. The van der Waals surface area contributed by atoms with Crippen molar-refractivity contribution in [2.24, 2.45) is 23.2 Å². The lowest BCUT2D eigenvalue weighted by molar-refractivity contribution is -0.388. The molecule has 4 aliphatic carbocycles. The number of aromatic nitrogens is 1. The Kier molecular flexibility index (Phi) is 3.67. The van der Waals surface area contributed by atoms with Gasteiger partial charge in [0.05, 0.1) is 10.7 Å². The maximum absolute atomic E-state index is 12.9. The zero-order chi connectivity index (χ0) is 16.0. The van der Waals surface area contributed by atoms with Crippen molar-refractivity contribution in [3.8, 4) is 0 Å². The van der Waals surface area contributed by atoms with Gasteiger partial charge in [0.1, 0.15) is 5.78 Å². The van der Waals surface area contributed by atoms with Crippen molar-refractivity contribution in [1.29, 1.82) is 0 Å². The predicted molar refractivity (Wildman–Crippen MR) is 87.2 cm³/mol. The van der Waals surface area contributed by atoms with Gasteiger partial charge in [-0.1, -0.05) is 11.8 Å². The Morgan fingerprint density at radius 2 is 1.87 bits per heavy atom. The van der Waals surface area contributed by atoms with E-state index in [-0.39, 0.29) is 11.1 Å². The molecule has 1 heterocycles. The molecule has 4 saturated carbocycles. The first-order valence-corrected chi connectivity index (χ1v) is 9.30. The summed E-state index contributed by atoms with van der Waals surface area (Å²) in [6, 6.07) is 3.01. The van der Waals surface area contributed by atoms with Crippen LogP contribution in [0.2, 0.25) is 0 Å². The molecule has 0 unspecified atom stereocenters. The molecule has 0 radical (unpaired) electrons. The number of thioether (sulfide) groups is 1. The van der Waals surface area contributed by atoms with Gasteiger partial charge >= 0.3 is 5.69 Å². The van der Waals surface area contributed by atoms with Crippen molar-refractivity contribution in [1.82, 2.24) is 4.98 Å². The van der Waals surface area contributed by atoms with Crippen LogP contribution in [-0.2, 0) is 4.79 Å². The minimum atomic E-state index is -0.426. The lowest BCUT2D eigenvalue weighted by Gasteiger charge is -2.56. The summed E-state index contributed by atoms with van der Waals surface area (Å²) in [5.41, 5.74) is -0.137. The fourth-order valence-electron chi connectivity index (χ4n) is 5.37. The molecular formula is C17H20N2O3S. The van der Waals surface area contributed by atoms with Crippen LogP contribution in [-0.4, -0.2) is 21.4 Å². The second-order valence-electron chi connectivity index (χ2n) is 7.49. The van der Waals surface area contributed by atoms with E-state index in [4.69, 9.17) is 0 Å². The standard InChI is InChI=1S/C17H20N2O3S/c20-15(10-23-16-14(19(21)22)2-1-3-18-16)17-7-11-4-12(8-17)6-13(5-11)9-17/h1-3,11-13H,4-10H2. The third kappa shape index (κ3) is 2.67. The van der Waals surface area contributed by atoms with Gasteiger partial charge in [-0.2, -0.15) is 0 Å². The number of Topliss-reactive ketones (excluding diaryl/α,β-unsaturated/α-hetero) is 1. The highest BCUT2D eigenvalue weighted by atomic mass is 32.2. The minimum Gasteiger partial charge on any atom is -0.298 e. The van der Waals surface area contributed by atoms with E-state index >= 15 is 0 Å². The molecule has 1 aromatic heterocycles. The van der Waals surface area contributed by atoms with Crippen molar-refractivity contribution < 1.29 is 9.72 Å². The van der Waals surface area contributed by atoms with E-state index in [1.54, 1.807) is 12.3 Å². The summed E-state index contributed by atoms with van der Waals surface area (Å²) >= 11 is 1.23. The van der Waals surface area contributed by atoms with E-state index in [9.17, 15) is 14.9 Å². The second-order valence-corrected chi connectivity index (χ2v) is 8.46. The summed E-state index contributed by atoms with van der Waals surface area (Å²) in [5.74, 6) is 2.81. The number of nitro groups is 1. The molecule has 5 rings (SSSR count). The Bertz CT molecular complexity index is 626. The van der Waals surface area contributed by atoms with E-state index in [2.05, 4.69) is 4.98 Å². The van der Waals surface area contributed by atoms with Crippen LogP contribution in [0.5, 0.6) is 0 Å². The van der Waals surface area contributed by atoms with Crippen LogP contribution in [0, 0.1) is 33.3 Å². The first-order chi connectivity index (χ1) is 11.1. The quantitative estimate of drug-likeness (QED) is 0.465. The molecule has 4 aliphatic rings. The molecular weight excluding hydrogens is 312 g/mol. The Balaban J connectivity index is 1.48. The number of pyridine rings is 1. The van der Waals surface area contributed by atoms with Crippen LogP contribution in [0.15, 0.2) is 23.4 Å². The van der Waals surface area contributed by atoms with Gasteiger partial charge in [0.15, 0.2) is 5.03 Å². The van der Waals surface area contributed by atoms with Crippen LogP contribution >= 0.6 is 11.8 Å². The van der Waals surface area contributed by atoms with Gasteiger partial charge < -0.3 is 0 Å². The molecule has 0 aromatic carbocycles. The van der Waals surface area contributed by atoms with Gasteiger partial charge in [-0.25, -0.2) is 4.98 Å². The third-order valence-electron chi connectivity index (χ3n) is 5.92. The SMILES string of the molecule is O=C(CSc1ncccc1[N+](=O)[O-])C12CC3CC(CC(C3)C1)C2. The van der Waals surface area contributed by atoms with Crippen molar-refractivity contribution in [3.05, 3.63) is 28.4 Å². The van der Waals surface area contributed by atoms with Crippen molar-refractivity contribution >= 4 is 23.2 Å². The van der Waals surface area contributed by atoms with Gasteiger partial charge in [0, 0.05) is 17.7 Å². The molecule has 0 aliphatic heterocycles. The number of rotatable bonds is 5. The molecule has 0 N–H and O–H groups in total. The molecule has 23 heavy (non-hydrogen) atoms. The van der Waals surface area contributed by atoms with Crippen molar-refractivity contribution in [2.75, 3.05) is 5.75 Å². The fraction of sp³-hybridized carbons (Fsp3) is 0.647. The molecule has 4 fully saturated rings. The molecule has 0 saturated heterocycles. The van der Waals surface area contributed by atoms with Crippen LogP contribution in [0.1, 0.15) is 38.5 Å². The topological polar surface area (TPSA) is 73.1 Å². The van der Waals surface area contributed by atoms with E-state index in [1.807, 2.05) is 0 Å². The lowest BCUT2D eigenvalue weighted by atomic mass is 9.48. The number of nitrogens with zero attached hydrogens (tertiary/aromatic N) is 2. The molecule has 0 spiro atoms. The van der Waals surface area contributed by atoms with Crippen LogP contribution in [0.4, 0.5) is 5.69 Å². The van der Waals surface area contributed by atoms with Gasteiger partial charge in [0.25, 0.3) is 0 Å². The van der Waals surface area contributed by atoms with Gasteiger partial charge in [-0.15, -0.1) is 0 Å². The van der Waals surface area contributed by atoms with Gasteiger partial charge in [-0.3, -0.25) is 14.9 Å². The lowest BCUT2D eigenvalue weighted by Crippen LogP contribution is -2.50. The molecule has 0 atom stereocenters. The first-order valence-electron chi connectivity index (χ1n) is 8.31. The number of carbonyl (C=O) groups is 1. The number of ketones is 1. The molecule has 122 valence electrons. The van der Waals surface area contributed by atoms with E-state index in [0.29, 0.717) is 16.6 Å². The highest BCUT2D eigenvalue weighted by Crippen LogP contribution is 2.60. The Morgan fingerprint density at radius 1 is 1.26 bits per heavy atom. The number of hydrogen-bond donors (Lipinski definition) is 0. The smallest absolute Gasteiger partial charge is 0.298 e. The summed E-state index contributed by atoms with van der Waals surface area (Å²) in [6.07, 6.45) is 8.61. The first kappa shape index (κ1) is 15.1. The summed E-state index contributed by atoms with van der Waals surface area (Å²) in [6.45, 7) is 0. The monoisotopic (exact) mass is 332 g/mol. The maximum Gasteiger partial charge on any atom is 0.301 e. The van der Waals surface area contributed by atoms with Gasteiger partial charge in [0.2, 0.25) is 0 Å². The fourth-order valence-corrected chi connectivity index (χ4v) is 6.37. The molecule has 5 nitrogen and oxygen atoms in total. The largest absolute Gasteiger partial charge is 0.301 e. The average molecular weight is 332 g/mol. The van der Waals surface area contributed by atoms with Crippen LogP contribution in [0.25, 0.3) is 0 Å². The summed E-state index contributed by atoms with van der Waals surface area (Å²) in [7, 11) is 0. The molecule has 6 heteroatoms. The second kappa shape index (κ2) is 5.58. The zero-order valence-corrected chi connectivity index (χ0v) is 13.8. The van der Waals surface area contributed by atoms with Gasteiger partial charge in [-0.05, 0) is 62.3 Å². The highest BCUT2D eigenvalue weighted by Gasteiger charge is 2.54. The molecule has 1 aromatic rings. The maximum atomic E-state index is 12.9. The van der Waals surface area contributed by atoms with Crippen molar-refractivity contribution in [3.63, 3.8) is 0 Å². The summed E-state index contributed by atoms with van der Waals surface area (Å²) in [5, 5.41) is 11.4. The zero-order valence-electron chi connectivity index (χ0n) is 12.9. The number of carbonyl (C=O) groups excluding carboxylic acids is 1. The minimum absolute atomic E-state index is 0.00388. The Morgan fingerprint density at radius 3 is 2.43 bits per heavy atom. The predicted octanol–water partition coefficient (Wildman–Crippen LogP) is 3.87. The van der Waals surface area contributed by atoms with Crippen LogP contribution < -0.4 is 0 Å². The molecule has 0 amide bonds. The normalized spacial score (nSPS) is 34.5. The van der Waals surface area contributed by atoms with E-state index < -0.39 is 4.92 Å². The Hall–Kier alpha value is -1.43. The highest BCUT2D eigenvalue weighted by molar-refractivity contribution is 8.00. The summed E-state index contributed by atoms with van der Waals surface area (Å²) in [4.78, 5) is 27.6. The summed E-state index contributed by atoms with van der Waals surface area (Å²) < 4.78 is 0. The Labute approximate surface area is 139 Å². The third-order valence-corrected chi connectivity index (χ3v) is 6.91. The van der Waals surface area contributed by atoms with E-state index in [0.717, 1.165) is 37.0 Å².